The lowest BCUT2D eigenvalue weighted by atomic mass is 10.1. The first-order chi connectivity index (χ1) is 17.2. The number of ether oxygens (including phenoxy) is 1. The minimum Gasteiger partial charge on any atom is -0.452 e. The number of anilines is 1. The summed E-state index contributed by atoms with van der Waals surface area (Å²) < 4.78 is 5.08. The fourth-order valence-electron chi connectivity index (χ4n) is 3.69. The second kappa shape index (κ2) is 10.2. The molecule has 1 aliphatic heterocycles. The van der Waals surface area contributed by atoms with Crippen LogP contribution in [0, 0.1) is 0 Å². The molecule has 0 aromatic heterocycles. The molecule has 182 valence electrons. The Labute approximate surface area is 207 Å². The normalized spacial score (nSPS) is 12.2. The Morgan fingerprint density at radius 1 is 0.833 bits per heavy atom. The molecule has 0 saturated heterocycles. The summed E-state index contributed by atoms with van der Waals surface area (Å²) in [6.07, 6.45) is 0. The van der Waals surface area contributed by atoms with E-state index in [1.807, 2.05) is 30.3 Å². The highest BCUT2D eigenvalue weighted by molar-refractivity contribution is 6.21. The Balaban J connectivity index is 1.36. The Hall–Kier alpha value is -4.79. The second-order valence-electron chi connectivity index (χ2n) is 8.34. The van der Waals surface area contributed by atoms with Crippen LogP contribution in [0.3, 0.4) is 0 Å². The zero-order valence-electron chi connectivity index (χ0n) is 19.7. The molecule has 0 bridgehead atoms. The lowest BCUT2D eigenvalue weighted by Crippen LogP contribution is -2.29. The molecular weight excluding hydrogens is 462 g/mol. The predicted molar refractivity (Wildman–Crippen MR) is 130 cm³/mol. The average Bonchev–Trinajstić information content (AvgIpc) is 3.12. The molecule has 0 saturated carbocycles. The van der Waals surface area contributed by atoms with E-state index in [-0.39, 0.29) is 29.1 Å². The maximum Gasteiger partial charge on any atom is 0.338 e. The Bertz CT molecular complexity index is 1350. The molecule has 0 aliphatic carbocycles. The minimum absolute atomic E-state index is 0.0517. The van der Waals surface area contributed by atoms with Gasteiger partial charge in [-0.2, -0.15) is 0 Å². The number of benzene rings is 3. The molecule has 9 heteroatoms. The van der Waals surface area contributed by atoms with Gasteiger partial charge in [-0.1, -0.05) is 30.3 Å². The van der Waals surface area contributed by atoms with E-state index in [0.29, 0.717) is 11.3 Å². The number of esters is 1. The molecule has 9 nitrogen and oxygen atoms in total. The predicted octanol–water partition coefficient (Wildman–Crippen LogP) is 2.98. The number of hydrogen-bond donors (Lipinski definition) is 1. The average molecular weight is 485 g/mol. The maximum absolute atomic E-state index is 12.8. The third-order valence-corrected chi connectivity index (χ3v) is 5.55. The largest absolute Gasteiger partial charge is 0.452 e. The number of fused-ring (bicyclic) bond motifs is 1. The van der Waals surface area contributed by atoms with Gasteiger partial charge in [-0.25, -0.2) is 4.79 Å². The Kier molecular flexibility index (Phi) is 6.91. The molecule has 36 heavy (non-hydrogen) atoms. The first kappa shape index (κ1) is 24.3. The van der Waals surface area contributed by atoms with E-state index in [9.17, 15) is 24.0 Å². The van der Waals surface area contributed by atoms with Gasteiger partial charge in [-0.05, 0) is 48.0 Å². The highest BCUT2D eigenvalue weighted by atomic mass is 16.5. The summed E-state index contributed by atoms with van der Waals surface area (Å²) in [7, 11) is 3.28. The highest BCUT2D eigenvalue weighted by Crippen LogP contribution is 2.26. The van der Waals surface area contributed by atoms with E-state index in [4.69, 9.17) is 4.74 Å². The number of amides is 4. The van der Waals surface area contributed by atoms with Crippen molar-refractivity contribution in [1.82, 2.24) is 9.80 Å². The van der Waals surface area contributed by atoms with Crippen molar-refractivity contribution in [3.63, 3.8) is 0 Å². The monoisotopic (exact) mass is 485 g/mol. The minimum atomic E-state index is -0.804. The molecule has 1 N–H and O–H groups in total. The summed E-state index contributed by atoms with van der Waals surface area (Å²) in [6.45, 7) is -0.432. The highest BCUT2D eigenvalue weighted by Gasteiger charge is 2.36. The molecule has 4 rings (SSSR count). The van der Waals surface area contributed by atoms with Gasteiger partial charge in [0.25, 0.3) is 23.6 Å². The number of rotatable bonds is 7. The van der Waals surface area contributed by atoms with Gasteiger partial charge < -0.3 is 15.0 Å². The van der Waals surface area contributed by atoms with Crippen LogP contribution in [-0.2, 0) is 16.1 Å². The summed E-state index contributed by atoms with van der Waals surface area (Å²) in [5, 5.41) is 2.58. The van der Waals surface area contributed by atoms with Crippen LogP contribution in [-0.4, -0.2) is 60.1 Å². The zero-order chi connectivity index (χ0) is 25.8. The third-order valence-electron chi connectivity index (χ3n) is 5.55. The standard InChI is InChI=1S/C27H23N3O6/c1-29(2)24(32)18-8-11-20(12-9-18)28-23(31)16-36-27(35)19-10-13-21-22(14-19)26(34)30(25(21)33)15-17-6-4-3-5-7-17/h3-14H,15-16H2,1-2H3,(H,28,31). The number of hydrogen-bond acceptors (Lipinski definition) is 6. The van der Waals surface area contributed by atoms with Crippen molar-refractivity contribution >= 4 is 35.3 Å². The van der Waals surface area contributed by atoms with Crippen molar-refractivity contribution in [2.45, 2.75) is 6.54 Å². The second-order valence-corrected chi connectivity index (χ2v) is 8.34. The lowest BCUT2D eigenvalue weighted by molar-refractivity contribution is -0.119. The van der Waals surface area contributed by atoms with Crippen LogP contribution in [0.1, 0.15) is 47.0 Å². The van der Waals surface area contributed by atoms with Crippen molar-refractivity contribution in [2.75, 3.05) is 26.0 Å². The number of carbonyl (C=O) groups is 5. The molecule has 0 unspecified atom stereocenters. The van der Waals surface area contributed by atoms with E-state index in [1.54, 1.807) is 38.4 Å². The maximum atomic E-state index is 12.8. The smallest absolute Gasteiger partial charge is 0.338 e. The van der Waals surface area contributed by atoms with Crippen molar-refractivity contribution in [3.05, 3.63) is 101 Å². The molecule has 0 spiro atoms. The van der Waals surface area contributed by atoms with E-state index >= 15 is 0 Å². The number of imide groups is 1. The molecule has 4 amide bonds. The molecule has 3 aromatic carbocycles. The summed E-state index contributed by atoms with van der Waals surface area (Å²) >= 11 is 0. The van der Waals surface area contributed by atoms with Crippen LogP contribution in [0.5, 0.6) is 0 Å². The van der Waals surface area contributed by atoms with Gasteiger partial charge in [0.15, 0.2) is 6.61 Å². The molecule has 0 radical (unpaired) electrons. The third kappa shape index (κ3) is 5.15. The zero-order valence-corrected chi connectivity index (χ0v) is 19.7. The van der Waals surface area contributed by atoms with Gasteiger partial charge in [0.1, 0.15) is 0 Å². The van der Waals surface area contributed by atoms with Crippen molar-refractivity contribution in [1.29, 1.82) is 0 Å². The molecule has 1 aliphatic rings. The lowest BCUT2D eigenvalue weighted by Gasteiger charge is -2.13. The Morgan fingerprint density at radius 3 is 2.14 bits per heavy atom. The van der Waals surface area contributed by atoms with Crippen molar-refractivity contribution in [3.8, 4) is 0 Å². The number of carbonyl (C=O) groups excluding carboxylic acids is 5. The van der Waals surface area contributed by atoms with Crippen LogP contribution < -0.4 is 5.32 Å². The van der Waals surface area contributed by atoms with Crippen molar-refractivity contribution in [2.24, 2.45) is 0 Å². The van der Waals surface area contributed by atoms with Gasteiger partial charge >= 0.3 is 5.97 Å². The van der Waals surface area contributed by atoms with E-state index in [0.717, 1.165) is 10.5 Å². The first-order valence-electron chi connectivity index (χ1n) is 11.1. The van der Waals surface area contributed by atoms with Gasteiger partial charge in [-0.3, -0.25) is 24.1 Å². The number of nitrogens with one attached hydrogen (secondary N) is 1. The molecular formula is C27H23N3O6. The fraction of sp³-hybridized carbons (Fsp3) is 0.148. The topological polar surface area (TPSA) is 113 Å². The summed E-state index contributed by atoms with van der Waals surface area (Å²) in [5.74, 6) is -2.48. The quantitative estimate of drug-likeness (QED) is 0.407. The summed E-state index contributed by atoms with van der Waals surface area (Å²) in [4.78, 5) is 64.7. The van der Waals surface area contributed by atoms with Gasteiger partial charge in [0.2, 0.25) is 0 Å². The van der Waals surface area contributed by atoms with Crippen LogP contribution in [0.2, 0.25) is 0 Å². The van der Waals surface area contributed by atoms with Crippen LogP contribution >= 0.6 is 0 Å². The summed E-state index contributed by atoms with van der Waals surface area (Å²) in [5.41, 5.74) is 2.08. The molecule has 0 fully saturated rings. The molecule has 1 heterocycles. The van der Waals surface area contributed by atoms with E-state index in [2.05, 4.69) is 5.32 Å². The summed E-state index contributed by atoms with van der Waals surface area (Å²) in [6, 6.07) is 19.5. The van der Waals surface area contributed by atoms with Gasteiger partial charge in [0, 0.05) is 25.3 Å². The van der Waals surface area contributed by atoms with Crippen molar-refractivity contribution < 1.29 is 28.7 Å². The van der Waals surface area contributed by atoms with Gasteiger partial charge in [-0.15, -0.1) is 0 Å². The molecule has 0 atom stereocenters. The van der Waals surface area contributed by atoms with Gasteiger partial charge in [0.05, 0.1) is 23.2 Å². The van der Waals surface area contributed by atoms with Crippen LogP contribution in [0.4, 0.5) is 5.69 Å². The van der Waals surface area contributed by atoms with Crippen LogP contribution in [0.25, 0.3) is 0 Å². The van der Waals surface area contributed by atoms with Crippen LogP contribution in [0.15, 0.2) is 72.8 Å². The van der Waals surface area contributed by atoms with E-state index < -0.39 is 30.3 Å². The first-order valence-corrected chi connectivity index (χ1v) is 11.1. The molecule has 3 aromatic rings. The number of nitrogens with zero attached hydrogens (tertiary/aromatic N) is 2. The Morgan fingerprint density at radius 2 is 1.47 bits per heavy atom. The fourth-order valence-corrected chi connectivity index (χ4v) is 3.69. The van der Waals surface area contributed by atoms with E-state index in [1.165, 1.54) is 23.1 Å². The SMILES string of the molecule is CN(C)C(=O)c1ccc(NC(=O)COC(=O)c2ccc3c(c2)C(=O)N(Cc2ccccc2)C3=O)cc1.